The molecule has 5 nitrogen and oxygen atoms in total. The Hall–Kier alpha value is -2.30. The maximum absolute atomic E-state index is 11.8. The third-order valence-corrected chi connectivity index (χ3v) is 3.25. The van der Waals surface area contributed by atoms with Crippen LogP contribution in [-0.2, 0) is 11.3 Å². The first-order chi connectivity index (χ1) is 10.2. The van der Waals surface area contributed by atoms with Gasteiger partial charge in [-0.2, -0.15) is 0 Å². The van der Waals surface area contributed by atoms with Crippen LogP contribution in [-0.4, -0.2) is 22.0 Å². The normalized spacial score (nSPS) is 11.5. The predicted octanol–water partition coefficient (Wildman–Crippen LogP) is 4.21. The minimum Gasteiger partial charge on any atom is -0.444 e. The maximum Gasteiger partial charge on any atom is 0.412 e. The third-order valence-electron chi connectivity index (χ3n) is 3.25. The summed E-state index contributed by atoms with van der Waals surface area (Å²) in [4.78, 5) is 23.5. The van der Waals surface area contributed by atoms with Crippen molar-refractivity contribution in [2.45, 2.75) is 46.8 Å². The summed E-state index contributed by atoms with van der Waals surface area (Å²) in [6.45, 7) is 9.77. The van der Waals surface area contributed by atoms with Crippen molar-refractivity contribution in [3.05, 3.63) is 30.0 Å². The maximum atomic E-state index is 11.8. The number of ether oxygens (including phenoxy) is 1. The number of aryl methyl sites for hydroxylation is 1. The Morgan fingerprint density at radius 1 is 1.27 bits per heavy atom. The molecule has 0 saturated carbocycles. The number of Topliss-reactive ketones (excluding diaryl/α,β-unsaturated/α-hetero) is 1. The van der Waals surface area contributed by atoms with Crippen LogP contribution in [0.5, 0.6) is 0 Å². The van der Waals surface area contributed by atoms with Gasteiger partial charge >= 0.3 is 6.09 Å². The zero-order chi connectivity index (χ0) is 16.5. The number of amides is 1. The minimum atomic E-state index is -0.542. The number of hydrogen-bond donors (Lipinski definition) is 1. The number of fused-ring (bicyclic) bond motifs is 1. The molecule has 0 radical (unpaired) electrons. The fourth-order valence-corrected chi connectivity index (χ4v) is 2.33. The molecule has 1 aromatic carbocycles. The fourth-order valence-electron chi connectivity index (χ4n) is 2.33. The molecular formula is C17H22N2O3. The Bertz CT molecular complexity index is 723. The van der Waals surface area contributed by atoms with Gasteiger partial charge in [0.25, 0.3) is 0 Å². The Morgan fingerprint density at radius 3 is 2.50 bits per heavy atom. The smallest absolute Gasteiger partial charge is 0.412 e. The fraction of sp³-hybridized carbons (Fsp3) is 0.412. The van der Waals surface area contributed by atoms with Gasteiger partial charge in [-0.15, -0.1) is 0 Å². The number of hydrogen-bond acceptors (Lipinski definition) is 3. The van der Waals surface area contributed by atoms with Crippen LogP contribution < -0.4 is 5.32 Å². The van der Waals surface area contributed by atoms with Crippen molar-refractivity contribution in [2.24, 2.45) is 0 Å². The van der Waals surface area contributed by atoms with E-state index in [4.69, 9.17) is 4.74 Å². The lowest BCUT2D eigenvalue weighted by molar-refractivity contribution is 0.0635. The average Bonchev–Trinajstić information content (AvgIpc) is 2.74. The van der Waals surface area contributed by atoms with Crippen LogP contribution in [0.15, 0.2) is 24.4 Å². The second-order valence-corrected chi connectivity index (χ2v) is 6.24. The summed E-state index contributed by atoms with van der Waals surface area (Å²) < 4.78 is 7.24. The van der Waals surface area contributed by atoms with Crippen LogP contribution in [0.2, 0.25) is 0 Å². The zero-order valence-corrected chi connectivity index (χ0v) is 13.7. The van der Waals surface area contributed by atoms with E-state index < -0.39 is 11.7 Å². The van der Waals surface area contributed by atoms with Crippen LogP contribution >= 0.6 is 0 Å². The number of rotatable bonds is 3. The Labute approximate surface area is 130 Å². The molecule has 22 heavy (non-hydrogen) atoms. The van der Waals surface area contributed by atoms with Gasteiger partial charge in [-0.3, -0.25) is 10.1 Å². The van der Waals surface area contributed by atoms with E-state index in [0.29, 0.717) is 11.3 Å². The van der Waals surface area contributed by atoms with Crippen molar-refractivity contribution in [2.75, 3.05) is 5.32 Å². The van der Waals surface area contributed by atoms with Gasteiger partial charge in [-0.1, -0.05) is 6.07 Å². The number of aromatic nitrogens is 1. The lowest BCUT2D eigenvalue weighted by atomic mass is 10.1. The first kappa shape index (κ1) is 16.1. The summed E-state index contributed by atoms with van der Waals surface area (Å²) in [6.07, 6.45) is 1.36. The molecule has 0 aliphatic carbocycles. The summed E-state index contributed by atoms with van der Waals surface area (Å²) in [6, 6.07) is 5.48. The van der Waals surface area contributed by atoms with Crippen molar-refractivity contribution in [1.29, 1.82) is 0 Å². The number of nitrogens with zero attached hydrogens (tertiary/aromatic N) is 1. The van der Waals surface area contributed by atoms with E-state index in [0.717, 1.165) is 17.4 Å². The van der Waals surface area contributed by atoms with Crippen molar-refractivity contribution in [3.63, 3.8) is 0 Å². The summed E-state index contributed by atoms with van der Waals surface area (Å²) in [5, 5.41) is 3.61. The van der Waals surface area contributed by atoms with Crippen LogP contribution in [0.4, 0.5) is 10.5 Å². The zero-order valence-electron chi connectivity index (χ0n) is 13.7. The van der Waals surface area contributed by atoms with E-state index in [1.54, 1.807) is 13.0 Å². The summed E-state index contributed by atoms with van der Waals surface area (Å²) in [7, 11) is 0. The number of nitrogens with one attached hydrogen (secondary N) is 1. The SMILES string of the molecule is CCn1cc(C(C)=O)c2ccc(NC(=O)OC(C)(C)C)cc21. The molecule has 0 bridgehead atoms. The Balaban J connectivity index is 2.34. The van der Waals surface area contributed by atoms with E-state index in [2.05, 4.69) is 5.32 Å². The minimum absolute atomic E-state index is 0.0325. The van der Waals surface area contributed by atoms with Crippen molar-refractivity contribution in [3.8, 4) is 0 Å². The van der Waals surface area contributed by atoms with Crippen molar-refractivity contribution < 1.29 is 14.3 Å². The molecular weight excluding hydrogens is 280 g/mol. The summed E-state index contributed by atoms with van der Waals surface area (Å²) >= 11 is 0. The number of anilines is 1. The first-order valence-electron chi connectivity index (χ1n) is 7.35. The average molecular weight is 302 g/mol. The number of carbonyl (C=O) groups is 2. The second kappa shape index (κ2) is 5.83. The standard InChI is InChI=1S/C17H22N2O3/c1-6-19-10-14(11(2)20)13-8-7-12(9-15(13)19)18-16(21)22-17(3,4)5/h7-10H,6H2,1-5H3,(H,18,21). The Kier molecular flexibility index (Phi) is 4.26. The van der Waals surface area contributed by atoms with Crippen LogP contribution in [0, 0.1) is 0 Å². The van der Waals surface area contributed by atoms with Crippen LogP contribution in [0.3, 0.4) is 0 Å². The molecule has 0 spiro atoms. The monoisotopic (exact) mass is 302 g/mol. The van der Waals surface area contributed by atoms with E-state index >= 15 is 0 Å². The van der Waals surface area contributed by atoms with Gasteiger partial charge in [-0.25, -0.2) is 4.79 Å². The summed E-state index contributed by atoms with van der Waals surface area (Å²) in [5.74, 6) is 0.0325. The van der Waals surface area contributed by atoms with E-state index in [-0.39, 0.29) is 5.78 Å². The van der Waals surface area contributed by atoms with E-state index in [9.17, 15) is 9.59 Å². The molecule has 1 aromatic heterocycles. The number of carbonyl (C=O) groups excluding carboxylic acids is 2. The van der Waals surface area contributed by atoms with Gasteiger partial charge in [0, 0.05) is 29.4 Å². The molecule has 5 heteroatoms. The second-order valence-electron chi connectivity index (χ2n) is 6.24. The van der Waals surface area contributed by atoms with Crippen molar-refractivity contribution >= 4 is 28.5 Å². The van der Waals surface area contributed by atoms with E-state index in [1.165, 1.54) is 0 Å². The van der Waals surface area contributed by atoms with Crippen LogP contribution in [0.1, 0.15) is 45.0 Å². The van der Waals surface area contributed by atoms with Crippen molar-refractivity contribution in [1.82, 2.24) is 4.57 Å². The van der Waals surface area contributed by atoms with Gasteiger partial charge in [0.05, 0.1) is 5.52 Å². The molecule has 1 N–H and O–H groups in total. The van der Waals surface area contributed by atoms with Gasteiger partial charge in [0.2, 0.25) is 0 Å². The molecule has 0 saturated heterocycles. The highest BCUT2D eigenvalue weighted by atomic mass is 16.6. The lowest BCUT2D eigenvalue weighted by Crippen LogP contribution is -2.27. The molecule has 2 aromatic rings. The van der Waals surface area contributed by atoms with Gasteiger partial charge in [0.1, 0.15) is 5.60 Å². The van der Waals surface area contributed by atoms with Gasteiger partial charge < -0.3 is 9.30 Å². The predicted molar refractivity (Wildman–Crippen MR) is 87.5 cm³/mol. The topological polar surface area (TPSA) is 60.3 Å². The number of benzene rings is 1. The largest absolute Gasteiger partial charge is 0.444 e. The first-order valence-corrected chi connectivity index (χ1v) is 7.35. The lowest BCUT2D eigenvalue weighted by Gasteiger charge is -2.19. The third kappa shape index (κ3) is 3.47. The summed E-state index contributed by atoms with van der Waals surface area (Å²) in [5.41, 5.74) is 1.71. The van der Waals surface area contributed by atoms with Gasteiger partial charge in [-0.05, 0) is 46.8 Å². The Morgan fingerprint density at radius 2 is 1.95 bits per heavy atom. The molecule has 1 amide bonds. The quantitative estimate of drug-likeness (QED) is 0.864. The van der Waals surface area contributed by atoms with E-state index in [1.807, 2.05) is 50.6 Å². The molecule has 0 atom stereocenters. The molecule has 0 unspecified atom stereocenters. The molecule has 0 aliphatic heterocycles. The van der Waals surface area contributed by atoms with Gasteiger partial charge in [0.15, 0.2) is 5.78 Å². The highest BCUT2D eigenvalue weighted by Crippen LogP contribution is 2.25. The highest BCUT2D eigenvalue weighted by Gasteiger charge is 2.17. The molecule has 1 heterocycles. The van der Waals surface area contributed by atoms with Crippen LogP contribution in [0.25, 0.3) is 10.9 Å². The number of ketones is 1. The molecule has 0 fully saturated rings. The molecule has 2 rings (SSSR count). The molecule has 0 aliphatic rings. The molecule has 118 valence electrons. The highest BCUT2D eigenvalue weighted by molar-refractivity contribution is 6.07.